The van der Waals surface area contributed by atoms with Crippen LogP contribution in [0.25, 0.3) is 0 Å². The van der Waals surface area contributed by atoms with E-state index >= 15 is 0 Å². The van der Waals surface area contributed by atoms with Gasteiger partial charge in [-0.1, -0.05) is 29.3 Å². The van der Waals surface area contributed by atoms with E-state index in [0.717, 1.165) is 0 Å². The van der Waals surface area contributed by atoms with E-state index in [4.69, 9.17) is 27.9 Å². The second kappa shape index (κ2) is 8.60. The molecule has 0 spiro atoms. The minimum atomic E-state index is -1.09. The summed E-state index contributed by atoms with van der Waals surface area (Å²) in [6, 6.07) is 4.11. The summed E-state index contributed by atoms with van der Waals surface area (Å²) in [5.41, 5.74) is 0.607. The molecule has 6 nitrogen and oxygen atoms in total. The molecule has 0 unspecified atom stereocenters. The highest BCUT2D eigenvalue weighted by Crippen LogP contribution is 2.22. The number of benzene rings is 1. The third kappa shape index (κ3) is 5.91. The van der Waals surface area contributed by atoms with E-state index in [1.54, 1.807) is 25.1 Å². The number of imide groups is 1. The Morgan fingerprint density at radius 2 is 1.91 bits per heavy atom. The number of esters is 1. The smallest absolute Gasteiger partial charge is 0.321 e. The van der Waals surface area contributed by atoms with Crippen molar-refractivity contribution < 1.29 is 19.1 Å². The summed E-state index contributed by atoms with van der Waals surface area (Å²) in [4.78, 5) is 34.6. The lowest BCUT2D eigenvalue weighted by Crippen LogP contribution is -2.44. The second-order valence-electron chi connectivity index (χ2n) is 4.41. The Balaban J connectivity index is 2.51. The van der Waals surface area contributed by atoms with E-state index in [-0.39, 0.29) is 6.42 Å². The van der Waals surface area contributed by atoms with Gasteiger partial charge < -0.3 is 10.1 Å². The minimum absolute atomic E-state index is 0.0599. The molecule has 120 valence electrons. The summed E-state index contributed by atoms with van der Waals surface area (Å²) in [5, 5.41) is 5.17. The van der Waals surface area contributed by atoms with Crippen molar-refractivity contribution in [3.8, 4) is 0 Å². The number of halogens is 2. The summed E-state index contributed by atoms with van der Waals surface area (Å²) in [7, 11) is 0. The normalized spacial score (nSPS) is 11.5. The van der Waals surface area contributed by atoms with Gasteiger partial charge in [-0.05, 0) is 31.5 Å². The van der Waals surface area contributed by atoms with Gasteiger partial charge in [-0.2, -0.15) is 0 Å². The number of carbonyl (C=O) groups excluding carboxylic acids is 3. The number of hydrogen-bond acceptors (Lipinski definition) is 4. The van der Waals surface area contributed by atoms with Crippen molar-refractivity contribution in [3.05, 3.63) is 33.8 Å². The number of ether oxygens (including phenoxy) is 1. The fourth-order valence-corrected chi connectivity index (χ4v) is 1.85. The number of rotatable bonds is 5. The van der Waals surface area contributed by atoms with E-state index in [2.05, 4.69) is 10.6 Å². The van der Waals surface area contributed by atoms with Crippen molar-refractivity contribution in [2.45, 2.75) is 26.4 Å². The molecule has 3 amide bonds. The van der Waals surface area contributed by atoms with Crippen LogP contribution < -0.4 is 10.6 Å². The number of hydrogen-bond donors (Lipinski definition) is 2. The van der Waals surface area contributed by atoms with Gasteiger partial charge in [0.15, 0.2) is 6.10 Å². The van der Waals surface area contributed by atoms with E-state index in [1.807, 2.05) is 0 Å². The molecule has 8 heteroatoms. The van der Waals surface area contributed by atoms with E-state index in [0.29, 0.717) is 22.2 Å². The Morgan fingerprint density at radius 1 is 1.23 bits per heavy atom. The highest BCUT2D eigenvalue weighted by molar-refractivity contribution is 6.42. The molecule has 0 fully saturated rings. The van der Waals surface area contributed by atoms with Crippen LogP contribution in [-0.4, -0.2) is 30.6 Å². The van der Waals surface area contributed by atoms with Gasteiger partial charge in [0.2, 0.25) is 0 Å². The first-order chi connectivity index (χ1) is 10.3. The third-order valence-electron chi connectivity index (χ3n) is 2.58. The number of urea groups is 1. The Kier molecular flexibility index (Phi) is 7.14. The Labute approximate surface area is 138 Å². The van der Waals surface area contributed by atoms with Gasteiger partial charge in [-0.25, -0.2) is 4.79 Å². The number of amides is 3. The first kappa shape index (κ1) is 18.3. The summed E-state index contributed by atoms with van der Waals surface area (Å²) in [6.07, 6.45) is -1.15. The maximum Gasteiger partial charge on any atom is 0.321 e. The molecule has 0 aliphatic heterocycles. The van der Waals surface area contributed by atoms with Crippen molar-refractivity contribution in [2.24, 2.45) is 0 Å². The fourth-order valence-electron chi connectivity index (χ4n) is 1.53. The van der Waals surface area contributed by atoms with Gasteiger partial charge in [0.05, 0.1) is 16.5 Å². The van der Waals surface area contributed by atoms with Crippen molar-refractivity contribution in [1.29, 1.82) is 0 Å². The monoisotopic (exact) mass is 346 g/mol. The summed E-state index contributed by atoms with van der Waals surface area (Å²) < 4.78 is 4.96. The van der Waals surface area contributed by atoms with Crippen LogP contribution in [0.5, 0.6) is 0 Å². The topological polar surface area (TPSA) is 84.5 Å². The molecule has 0 radical (unpaired) electrons. The lowest BCUT2D eigenvalue weighted by Gasteiger charge is -2.13. The van der Waals surface area contributed by atoms with Crippen molar-refractivity contribution in [3.63, 3.8) is 0 Å². The van der Waals surface area contributed by atoms with Crippen LogP contribution in [0, 0.1) is 0 Å². The molecule has 1 aromatic carbocycles. The van der Waals surface area contributed by atoms with Gasteiger partial charge in [-0.15, -0.1) is 0 Å². The summed E-state index contributed by atoms with van der Waals surface area (Å²) >= 11 is 11.6. The highest BCUT2D eigenvalue weighted by Gasteiger charge is 2.20. The van der Waals surface area contributed by atoms with Crippen LogP contribution in [0.1, 0.15) is 19.4 Å². The second-order valence-corrected chi connectivity index (χ2v) is 5.22. The molecule has 0 saturated heterocycles. The standard InChI is InChI=1S/C14H16Cl2N2O4/c1-3-17-14(21)18-13(20)8(2)22-12(19)7-9-4-5-10(15)11(16)6-9/h4-6,8H,3,7H2,1-2H3,(H2,17,18,20,21)/t8-/m1/s1. The summed E-state index contributed by atoms with van der Waals surface area (Å²) in [5.74, 6) is -1.31. The molecule has 0 bridgehead atoms. The predicted octanol–water partition coefficient (Wildman–Crippen LogP) is 2.31. The average Bonchev–Trinajstić information content (AvgIpc) is 2.42. The first-order valence-electron chi connectivity index (χ1n) is 6.55. The average molecular weight is 347 g/mol. The summed E-state index contributed by atoms with van der Waals surface area (Å²) in [6.45, 7) is 3.47. The molecule has 22 heavy (non-hydrogen) atoms. The van der Waals surface area contributed by atoms with Crippen molar-refractivity contribution in [1.82, 2.24) is 10.6 Å². The quantitative estimate of drug-likeness (QED) is 0.801. The van der Waals surface area contributed by atoms with Crippen LogP contribution in [0.15, 0.2) is 18.2 Å². The molecule has 0 aliphatic carbocycles. The van der Waals surface area contributed by atoms with E-state index in [1.165, 1.54) is 6.92 Å². The minimum Gasteiger partial charge on any atom is -0.452 e. The zero-order valence-corrected chi connectivity index (χ0v) is 13.6. The molecular formula is C14H16Cl2N2O4. The van der Waals surface area contributed by atoms with Gasteiger partial charge >= 0.3 is 12.0 Å². The maximum absolute atomic E-state index is 11.8. The Bertz CT molecular complexity index is 578. The highest BCUT2D eigenvalue weighted by atomic mass is 35.5. The molecule has 1 atom stereocenters. The molecule has 0 saturated carbocycles. The largest absolute Gasteiger partial charge is 0.452 e. The lowest BCUT2D eigenvalue weighted by molar-refractivity contribution is -0.153. The van der Waals surface area contributed by atoms with Crippen molar-refractivity contribution in [2.75, 3.05) is 6.54 Å². The lowest BCUT2D eigenvalue weighted by atomic mass is 10.1. The molecule has 0 aromatic heterocycles. The van der Waals surface area contributed by atoms with Crippen LogP contribution in [0.3, 0.4) is 0 Å². The van der Waals surface area contributed by atoms with Gasteiger partial charge in [-0.3, -0.25) is 14.9 Å². The van der Waals surface area contributed by atoms with Crippen LogP contribution in [0.2, 0.25) is 10.0 Å². The van der Waals surface area contributed by atoms with E-state index in [9.17, 15) is 14.4 Å². The van der Waals surface area contributed by atoms with Gasteiger partial charge in [0.25, 0.3) is 5.91 Å². The maximum atomic E-state index is 11.8. The van der Waals surface area contributed by atoms with Crippen LogP contribution in [-0.2, 0) is 20.7 Å². The molecule has 1 aromatic rings. The van der Waals surface area contributed by atoms with Crippen LogP contribution in [0.4, 0.5) is 4.79 Å². The molecule has 0 heterocycles. The van der Waals surface area contributed by atoms with Gasteiger partial charge in [0, 0.05) is 6.54 Å². The zero-order valence-electron chi connectivity index (χ0n) is 12.1. The third-order valence-corrected chi connectivity index (χ3v) is 3.32. The fraction of sp³-hybridized carbons (Fsp3) is 0.357. The SMILES string of the molecule is CCNC(=O)NC(=O)[C@@H](C)OC(=O)Cc1ccc(Cl)c(Cl)c1. The predicted molar refractivity (Wildman–Crippen MR) is 82.9 cm³/mol. The molecular weight excluding hydrogens is 331 g/mol. The molecule has 2 N–H and O–H groups in total. The van der Waals surface area contributed by atoms with Gasteiger partial charge in [0.1, 0.15) is 0 Å². The molecule has 1 rings (SSSR count). The number of carbonyl (C=O) groups is 3. The molecule has 0 aliphatic rings. The number of nitrogens with one attached hydrogen (secondary N) is 2. The Morgan fingerprint density at radius 3 is 2.50 bits per heavy atom. The first-order valence-corrected chi connectivity index (χ1v) is 7.31. The van der Waals surface area contributed by atoms with Crippen molar-refractivity contribution >= 4 is 41.1 Å². The Hall–Kier alpha value is -1.79. The van der Waals surface area contributed by atoms with E-state index < -0.39 is 24.0 Å². The van der Waals surface area contributed by atoms with Crippen LogP contribution >= 0.6 is 23.2 Å². The zero-order chi connectivity index (χ0) is 16.7.